The number of nitrogens with zero attached hydrogens (tertiary/aromatic N) is 16. The first-order chi connectivity index (χ1) is 49.7. The van der Waals surface area contributed by atoms with Crippen molar-refractivity contribution in [3.8, 4) is 0 Å². The quantitative estimate of drug-likeness (QED) is 0.0258. The number of hydrogen-bond donors (Lipinski definition) is 12. The van der Waals surface area contributed by atoms with Crippen molar-refractivity contribution < 1.29 is 83.0 Å². The number of carbonyl (C=O) groups excluding carboxylic acids is 5. The summed E-state index contributed by atoms with van der Waals surface area (Å²) in [7, 11) is 0. The van der Waals surface area contributed by atoms with Crippen molar-refractivity contribution in [2.75, 3.05) is 13.2 Å². The van der Waals surface area contributed by atoms with Crippen molar-refractivity contribution in [3.05, 3.63) is 240 Å². The molecule has 18 atom stereocenters. The molecule has 0 spiro atoms. The van der Waals surface area contributed by atoms with Crippen LogP contribution < -0.4 is 44.2 Å². The second kappa shape index (κ2) is 33.8. The van der Waals surface area contributed by atoms with E-state index in [0.717, 1.165) is 32.4 Å². The van der Waals surface area contributed by atoms with Crippen LogP contribution in [0.3, 0.4) is 0 Å². The molecule has 5 amide bonds. The number of aliphatic hydroxyl groups excluding tert-OH is 6. The van der Waals surface area contributed by atoms with E-state index in [1.807, 2.05) is 4.98 Å². The lowest BCUT2D eigenvalue weighted by Gasteiger charge is -2.34. The highest BCUT2D eigenvalue weighted by molar-refractivity contribution is 5.95. The number of aromatic nitrogens is 4. The number of rotatable bonds is 18. The summed E-state index contributed by atoms with van der Waals surface area (Å²) in [6.45, 7) is 5.26. The van der Waals surface area contributed by atoms with Gasteiger partial charge in [-0.3, -0.25) is 43.3 Å². The van der Waals surface area contributed by atoms with Crippen LogP contribution in [0.5, 0.6) is 0 Å². The SMILES string of the molecule is CC[C@@]1(N=[N+]=[N-])O[C@@H](N2C=CC(NC(=O)c3ccccc3)NC2=O)[C@@H](OC(=O)c2ccccc2)[C@@H]1C.CC[C@@]1(N=[N+]=[N-])O[C@@H](n2ccc(=O)[nH]c2=O)[C@@H](OC(=O)c2ccccc2)[C@@H]1C.[N-]=[N+]=N[C@]1(CO)O[C@@H](N2C=CC(N)NC2=O)[C@@H](O)[C@@H]1O.[N-]=[N+]=N[C@]1(CO)O[C@@H](n2ccc(=O)[nH]c2=O)[C@@H](O)[C@@H]1O. The molecule has 0 saturated carbocycles. The summed E-state index contributed by atoms with van der Waals surface area (Å²) in [6.07, 6.45) is -6.23. The van der Waals surface area contributed by atoms with E-state index < -0.39 is 168 Å². The average molecular weight is 1450 g/mol. The lowest BCUT2D eigenvalue weighted by Crippen LogP contribution is -2.57. The molecule has 0 aliphatic carbocycles. The minimum Gasteiger partial charge on any atom is -0.454 e. The van der Waals surface area contributed by atoms with Gasteiger partial charge < -0.3 is 80.7 Å². The number of nitrogens with one attached hydrogen (secondary N) is 5. The fourth-order valence-corrected chi connectivity index (χ4v) is 11.6. The molecule has 2 unspecified atom stereocenters. The van der Waals surface area contributed by atoms with Crippen LogP contribution in [0.1, 0.15) is 84.1 Å². The number of ether oxygens (including phenoxy) is 6. The Morgan fingerprint density at radius 2 is 0.913 bits per heavy atom. The minimum atomic E-state index is -2.10. The first-order valence-corrected chi connectivity index (χ1v) is 31.4. The van der Waals surface area contributed by atoms with Crippen LogP contribution >= 0.6 is 0 Å². The van der Waals surface area contributed by atoms with E-state index >= 15 is 0 Å². The van der Waals surface area contributed by atoms with Gasteiger partial charge in [0.25, 0.3) is 17.0 Å². The first-order valence-electron chi connectivity index (χ1n) is 31.4. The van der Waals surface area contributed by atoms with Gasteiger partial charge in [0.05, 0.1) is 30.5 Å². The van der Waals surface area contributed by atoms with Crippen molar-refractivity contribution in [3.63, 3.8) is 0 Å². The molecule has 3 aromatic carbocycles. The number of esters is 2. The van der Waals surface area contributed by atoms with Gasteiger partial charge in [0, 0.05) is 74.0 Å². The van der Waals surface area contributed by atoms with Gasteiger partial charge in [-0.15, -0.1) is 0 Å². The van der Waals surface area contributed by atoms with Gasteiger partial charge in [-0.25, -0.2) is 28.8 Å². The van der Waals surface area contributed by atoms with Gasteiger partial charge in [0.1, 0.15) is 30.6 Å². The third-order valence-electron chi connectivity index (χ3n) is 17.3. The predicted octanol–water partition coefficient (Wildman–Crippen LogP) is 1.93. The smallest absolute Gasteiger partial charge is 0.338 e. The number of H-pyrrole nitrogens is 2. The van der Waals surface area contributed by atoms with Crippen molar-refractivity contribution in [1.82, 2.24) is 44.9 Å². The number of carbonyl (C=O) groups is 5. The normalized spacial score (nSPS) is 30.6. The zero-order chi connectivity index (χ0) is 75.8. The number of azide groups is 4. The van der Waals surface area contributed by atoms with Crippen LogP contribution in [0.25, 0.3) is 41.8 Å². The molecule has 43 nitrogen and oxygen atoms in total. The van der Waals surface area contributed by atoms with Gasteiger partial charge in [0.15, 0.2) is 48.6 Å². The van der Waals surface area contributed by atoms with E-state index in [-0.39, 0.29) is 5.91 Å². The molecule has 4 saturated heterocycles. The number of urea groups is 2. The second-order valence-corrected chi connectivity index (χ2v) is 23.4. The first kappa shape index (κ1) is 78.0. The average Bonchev–Trinajstić information content (AvgIpc) is 1.65. The van der Waals surface area contributed by atoms with Crippen LogP contribution in [-0.4, -0.2) is 187 Å². The number of benzene rings is 3. The summed E-state index contributed by atoms with van der Waals surface area (Å²) in [5, 5.41) is 79.7. The Morgan fingerprint density at radius 1 is 0.538 bits per heavy atom. The summed E-state index contributed by atoms with van der Waals surface area (Å²) >= 11 is 0. The van der Waals surface area contributed by atoms with E-state index in [0.29, 0.717) is 29.5 Å². The zero-order valence-corrected chi connectivity index (χ0v) is 55.2. The third kappa shape index (κ3) is 16.6. The molecule has 6 aliphatic rings. The van der Waals surface area contributed by atoms with E-state index in [9.17, 15) is 79.3 Å². The molecule has 104 heavy (non-hydrogen) atoms. The molecule has 5 aromatic rings. The molecule has 6 aliphatic heterocycles. The van der Waals surface area contributed by atoms with E-state index in [2.05, 4.69) is 61.0 Å². The van der Waals surface area contributed by atoms with E-state index in [1.165, 1.54) is 29.6 Å². The number of aromatic amines is 2. The molecule has 2 aromatic heterocycles. The molecule has 11 rings (SSSR count). The van der Waals surface area contributed by atoms with E-state index in [4.69, 9.17) is 50.7 Å². The number of amides is 5. The molecule has 0 bridgehead atoms. The van der Waals surface area contributed by atoms with Crippen molar-refractivity contribution in [2.45, 2.75) is 137 Å². The van der Waals surface area contributed by atoms with E-state index in [1.54, 1.807) is 125 Å². The van der Waals surface area contributed by atoms with Crippen molar-refractivity contribution in [1.29, 1.82) is 0 Å². The van der Waals surface area contributed by atoms with Gasteiger partial charge in [-0.2, -0.15) is 0 Å². The van der Waals surface area contributed by atoms with Gasteiger partial charge in [-0.1, -0.05) is 103 Å². The summed E-state index contributed by atoms with van der Waals surface area (Å²) < 4.78 is 35.8. The second-order valence-electron chi connectivity index (χ2n) is 23.4. The Labute approximate surface area is 584 Å². The Bertz CT molecular complexity index is 4450. The summed E-state index contributed by atoms with van der Waals surface area (Å²) in [6, 6.07) is 26.3. The number of nitrogens with two attached hydrogens (primary N) is 1. The Balaban J connectivity index is 0.000000181. The monoisotopic (exact) mass is 1450 g/mol. The van der Waals surface area contributed by atoms with Crippen LogP contribution in [0.2, 0.25) is 0 Å². The molecule has 8 heterocycles. The predicted molar refractivity (Wildman–Crippen MR) is 353 cm³/mol. The van der Waals surface area contributed by atoms with Gasteiger partial charge in [0.2, 0.25) is 11.4 Å². The Hall–Kier alpha value is -11.7. The van der Waals surface area contributed by atoms with Crippen LogP contribution in [0.4, 0.5) is 9.59 Å². The third-order valence-corrected chi connectivity index (χ3v) is 17.3. The van der Waals surface area contributed by atoms with Crippen LogP contribution in [0.15, 0.2) is 180 Å². The zero-order valence-electron chi connectivity index (χ0n) is 55.2. The standard InChI is InChI=1S/C25H26N6O5.C18H19N5O5.C9H14N6O5.C9H11N5O6/c1-3-25(29-30-26)16(2)20(35-23(33)18-12-8-5-9-13-18)22(36-25)31-15-14-19(28-24(31)34)27-21(32)17-10-6-4-7-11-17;1-3-18(21-22-19)11(2)14(27-16(25)12-7-5-4-6-8-12)15(28-18)23-10-9-13(24)20-17(23)26;10-4-1-2-15(8(19)12-4)7-5(17)6(18)9(3-16,20-7)13-14-11;10-13-12-9(3-15)6(18)5(17)7(20-9)14-2-1-4(16)11-8(14)19/h4-16,19-20,22H,3H2,1-2H3,(H,27,32)(H,28,34);4-11,14-15H,3H2,1-2H3,(H,20,24,26);1-2,4-7,16-18H,3,10H2,(H,12,19);1-2,5-7,15,17-18H,3H2,(H,11,16,19)/t16-,19?,20-,22+,25+;11-,14-,15+,18+;4?,5-,6-,7+,9+;5-,6-,7+,9+/m0000/s1. The maximum atomic E-state index is 13.1. The number of aliphatic hydroxyl groups is 6. The Kier molecular flexibility index (Phi) is 25.4. The molecule has 550 valence electrons. The molecular formula is C61H70N22O21. The van der Waals surface area contributed by atoms with Crippen molar-refractivity contribution >= 4 is 29.9 Å². The summed E-state index contributed by atoms with van der Waals surface area (Å²) in [4.78, 5) is 126. The molecule has 43 heteroatoms. The molecule has 13 N–H and O–H groups in total. The summed E-state index contributed by atoms with van der Waals surface area (Å²) in [5.74, 6) is -2.66. The van der Waals surface area contributed by atoms with Gasteiger partial charge >= 0.3 is 35.4 Å². The topological polar surface area (TPSA) is 635 Å². The summed E-state index contributed by atoms with van der Waals surface area (Å²) in [5.41, 5.74) is 32.0. The highest BCUT2D eigenvalue weighted by Crippen LogP contribution is 2.47. The number of hydrogen-bond acceptors (Lipinski definition) is 26. The van der Waals surface area contributed by atoms with Crippen LogP contribution in [-0.2, 0) is 28.4 Å². The maximum absolute atomic E-state index is 13.1. The molecule has 0 radical (unpaired) electrons. The maximum Gasteiger partial charge on any atom is 0.338 e. The highest BCUT2D eigenvalue weighted by Gasteiger charge is 2.59. The molecule has 4 fully saturated rings. The minimum absolute atomic E-state index is 0.295. The van der Waals surface area contributed by atoms with Crippen molar-refractivity contribution in [2.24, 2.45) is 38.0 Å². The van der Waals surface area contributed by atoms with Crippen LogP contribution in [0, 0.1) is 11.8 Å². The molecular weight excluding hydrogens is 1380 g/mol. The fourth-order valence-electron chi connectivity index (χ4n) is 11.6. The largest absolute Gasteiger partial charge is 0.454 e. The fraction of sp³-hybridized carbons (Fsp3) is 0.426. The lowest BCUT2D eigenvalue weighted by molar-refractivity contribution is -0.128. The highest BCUT2D eigenvalue weighted by atomic mass is 16.6. The lowest BCUT2D eigenvalue weighted by atomic mass is 9.92. The Morgan fingerprint density at radius 3 is 1.34 bits per heavy atom. The van der Waals surface area contributed by atoms with Gasteiger partial charge in [-0.05, 0) is 83.5 Å².